The van der Waals surface area contributed by atoms with Crippen molar-refractivity contribution in [3.05, 3.63) is 54.2 Å². The lowest BCUT2D eigenvalue weighted by Gasteiger charge is -2.06. The molecule has 0 amide bonds. The van der Waals surface area contributed by atoms with E-state index in [2.05, 4.69) is 34.2 Å². The molecule has 3 rings (SSSR count). The highest BCUT2D eigenvalue weighted by atomic mass is 14.9. The average molecular weight is 250 g/mol. The molecule has 4 heteroatoms. The summed E-state index contributed by atoms with van der Waals surface area (Å²) in [6.07, 6.45) is 1.69. The van der Waals surface area contributed by atoms with Gasteiger partial charge in [-0.1, -0.05) is 36.4 Å². The van der Waals surface area contributed by atoms with Crippen LogP contribution in [0.1, 0.15) is 5.56 Å². The van der Waals surface area contributed by atoms with Crippen LogP contribution in [0.3, 0.4) is 0 Å². The van der Waals surface area contributed by atoms with Crippen molar-refractivity contribution >= 4 is 16.6 Å². The molecule has 0 aliphatic heterocycles. The second-order valence-corrected chi connectivity index (χ2v) is 4.37. The van der Waals surface area contributed by atoms with Crippen molar-refractivity contribution in [2.75, 3.05) is 5.73 Å². The Morgan fingerprint density at radius 3 is 2.53 bits per heavy atom. The zero-order chi connectivity index (χ0) is 13.2. The number of hydrogen-bond donors (Lipinski definition) is 2. The molecule has 0 spiro atoms. The summed E-state index contributed by atoms with van der Waals surface area (Å²) in [6, 6.07) is 14.3. The Bertz CT molecular complexity index is 737. The van der Waals surface area contributed by atoms with Gasteiger partial charge in [0.2, 0.25) is 0 Å². The minimum atomic E-state index is 0.351. The normalized spacial score (nSPS) is 10.8. The number of fused-ring (bicyclic) bond motifs is 1. The lowest BCUT2D eigenvalue weighted by molar-refractivity contribution is 1.02. The predicted octanol–water partition coefficient (Wildman–Crippen LogP) is 2.34. The van der Waals surface area contributed by atoms with Gasteiger partial charge in [0.1, 0.15) is 5.82 Å². The molecule has 4 N–H and O–H groups in total. The molecule has 3 aromatic rings. The summed E-state index contributed by atoms with van der Waals surface area (Å²) in [6.45, 7) is 0.351. The molecule has 0 fully saturated rings. The van der Waals surface area contributed by atoms with Gasteiger partial charge in [0.15, 0.2) is 5.82 Å². The maximum absolute atomic E-state index is 5.85. The first-order valence-corrected chi connectivity index (χ1v) is 6.08. The Labute approximate surface area is 111 Å². The van der Waals surface area contributed by atoms with Crippen LogP contribution in [0.4, 0.5) is 5.82 Å². The average Bonchev–Trinajstić information content (AvgIpc) is 2.46. The first kappa shape index (κ1) is 11.6. The Kier molecular flexibility index (Phi) is 2.85. The van der Waals surface area contributed by atoms with Gasteiger partial charge in [-0.3, -0.25) is 0 Å². The van der Waals surface area contributed by atoms with Crippen LogP contribution in [-0.4, -0.2) is 9.97 Å². The standard InChI is InChI=1S/C15H14N4/c16-8-13-9-18-15(19-14(13)17)12-6-5-10-3-1-2-4-11(10)7-12/h1-7,9H,8,16H2,(H2,17,18,19). The van der Waals surface area contributed by atoms with Crippen molar-refractivity contribution in [1.82, 2.24) is 9.97 Å². The molecule has 0 saturated carbocycles. The summed E-state index contributed by atoms with van der Waals surface area (Å²) in [7, 11) is 0. The van der Waals surface area contributed by atoms with E-state index in [1.54, 1.807) is 6.20 Å². The lowest BCUT2D eigenvalue weighted by atomic mass is 10.1. The van der Waals surface area contributed by atoms with Crippen molar-refractivity contribution in [2.45, 2.75) is 6.54 Å². The van der Waals surface area contributed by atoms with Crippen LogP contribution in [0, 0.1) is 0 Å². The van der Waals surface area contributed by atoms with Crippen LogP contribution in [0.5, 0.6) is 0 Å². The number of hydrogen-bond acceptors (Lipinski definition) is 4. The van der Waals surface area contributed by atoms with Crippen LogP contribution in [0.2, 0.25) is 0 Å². The summed E-state index contributed by atoms with van der Waals surface area (Å²) in [4.78, 5) is 8.62. The Morgan fingerprint density at radius 1 is 1.00 bits per heavy atom. The van der Waals surface area contributed by atoms with Gasteiger partial charge >= 0.3 is 0 Å². The van der Waals surface area contributed by atoms with Crippen molar-refractivity contribution in [3.63, 3.8) is 0 Å². The number of benzene rings is 2. The summed E-state index contributed by atoms with van der Waals surface area (Å²) >= 11 is 0. The fourth-order valence-corrected chi connectivity index (χ4v) is 2.04. The molecule has 0 unspecified atom stereocenters. The number of nitrogens with zero attached hydrogens (tertiary/aromatic N) is 2. The number of anilines is 1. The fourth-order valence-electron chi connectivity index (χ4n) is 2.04. The van der Waals surface area contributed by atoms with E-state index in [0.29, 0.717) is 18.2 Å². The Balaban J connectivity index is 2.11. The number of nitrogen functional groups attached to an aromatic ring is 1. The third-order valence-electron chi connectivity index (χ3n) is 3.13. The van der Waals surface area contributed by atoms with Crippen molar-refractivity contribution < 1.29 is 0 Å². The van der Waals surface area contributed by atoms with Crippen LogP contribution in [0.15, 0.2) is 48.7 Å². The highest BCUT2D eigenvalue weighted by Gasteiger charge is 2.05. The molecule has 0 atom stereocenters. The van der Waals surface area contributed by atoms with Crippen LogP contribution in [-0.2, 0) is 6.54 Å². The molecule has 0 aliphatic rings. The van der Waals surface area contributed by atoms with Gasteiger partial charge in [0.05, 0.1) is 0 Å². The van der Waals surface area contributed by atoms with Crippen LogP contribution >= 0.6 is 0 Å². The van der Waals surface area contributed by atoms with E-state index in [9.17, 15) is 0 Å². The first-order valence-electron chi connectivity index (χ1n) is 6.08. The van der Waals surface area contributed by atoms with Gasteiger partial charge in [-0.25, -0.2) is 9.97 Å². The van der Waals surface area contributed by atoms with E-state index in [-0.39, 0.29) is 0 Å². The smallest absolute Gasteiger partial charge is 0.161 e. The molecule has 4 nitrogen and oxygen atoms in total. The molecule has 0 bridgehead atoms. The Hall–Kier alpha value is -2.46. The zero-order valence-electron chi connectivity index (χ0n) is 10.4. The maximum Gasteiger partial charge on any atom is 0.161 e. The van der Waals surface area contributed by atoms with Gasteiger partial charge in [-0.05, 0) is 16.8 Å². The first-order chi connectivity index (χ1) is 9.28. The highest BCUT2D eigenvalue weighted by molar-refractivity contribution is 5.86. The Morgan fingerprint density at radius 2 is 1.79 bits per heavy atom. The summed E-state index contributed by atoms with van der Waals surface area (Å²) in [5.74, 6) is 1.07. The minimum Gasteiger partial charge on any atom is -0.383 e. The van der Waals surface area contributed by atoms with Gasteiger partial charge in [0.25, 0.3) is 0 Å². The summed E-state index contributed by atoms with van der Waals surface area (Å²) in [5.41, 5.74) is 13.1. The molecule has 2 aromatic carbocycles. The second-order valence-electron chi connectivity index (χ2n) is 4.37. The quantitative estimate of drug-likeness (QED) is 0.731. The second kappa shape index (κ2) is 4.66. The monoisotopic (exact) mass is 250 g/mol. The summed E-state index contributed by atoms with van der Waals surface area (Å²) < 4.78 is 0. The van der Waals surface area contributed by atoms with E-state index in [1.165, 1.54) is 5.39 Å². The minimum absolute atomic E-state index is 0.351. The van der Waals surface area contributed by atoms with Gasteiger partial charge in [-0.2, -0.15) is 0 Å². The van der Waals surface area contributed by atoms with E-state index in [1.807, 2.05) is 18.2 Å². The molecule has 0 radical (unpaired) electrons. The molecule has 0 aliphatic carbocycles. The van der Waals surface area contributed by atoms with E-state index in [0.717, 1.165) is 16.5 Å². The third-order valence-corrected chi connectivity index (χ3v) is 3.13. The zero-order valence-corrected chi connectivity index (χ0v) is 10.4. The highest BCUT2D eigenvalue weighted by Crippen LogP contribution is 2.22. The largest absolute Gasteiger partial charge is 0.383 e. The SMILES string of the molecule is NCc1cnc(-c2ccc3ccccc3c2)nc1N. The molecule has 94 valence electrons. The molecular formula is C15H14N4. The maximum atomic E-state index is 5.85. The molecule has 1 aromatic heterocycles. The molecule has 19 heavy (non-hydrogen) atoms. The van der Waals surface area contributed by atoms with Gasteiger partial charge in [-0.15, -0.1) is 0 Å². The fraction of sp³-hybridized carbons (Fsp3) is 0.0667. The van der Waals surface area contributed by atoms with E-state index >= 15 is 0 Å². The van der Waals surface area contributed by atoms with Crippen LogP contribution < -0.4 is 11.5 Å². The van der Waals surface area contributed by atoms with Gasteiger partial charge in [0, 0.05) is 23.9 Å². The third kappa shape index (κ3) is 2.13. The van der Waals surface area contributed by atoms with Crippen LogP contribution in [0.25, 0.3) is 22.2 Å². The van der Waals surface area contributed by atoms with Crippen molar-refractivity contribution in [2.24, 2.45) is 5.73 Å². The van der Waals surface area contributed by atoms with Crippen molar-refractivity contribution in [3.8, 4) is 11.4 Å². The summed E-state index contributed by atoms with van der Waals surface area (Å²) in [5, 5.41) is 2.35. The lowest BCUT2D eigenvalue weighted by Crippen LogP contribution is -2.05. The van der Waals surface area contributed by atoms with Gasteiger partial charge < -0.3 is 11.5 Å². The molecular weight excluding hydrogens is 236 g/mol. The number of aromatic nitrogens is 2. The molecule has 1 heterocycles. The predicted molar refractivity (Wildman–Crippen MR) is 77.3 cm³/mol. The van der Waals surface area contributed by atoms with E-state index < -0.39 is 0 Å². The molecule has 0 saturated heterocycles. The van der Waals surface area contributed by atoms with E-state index in [4.69, 9.17) is 11.5 Å². The van der Waals surface area contributed by atoms with Crippen molar-refractivity contribution in [1.29, 1.82) is 0 Å². The topological polar surface area (TPSA) is 77.8 Å². The number of rotatable bonds is 2. The number of nitrogens with two attached hydrogens (primary N) is 2.